The Morgan fingerprint density at radius 3 is 2.95 bits per heavy atom. The Balaban J connectivity index is 2.14. The molecular formula is C10H8N4O4S. The summed E-state index contributed by atoms with van der Waals surface area (Å²) in [7, 11) is 0. The van der Waals surface area contributed by atoms with Crippen LogP contribution in [0, 0.1) is 10.1 Å². The van der Waals surface area contributed by atoms with Gasteiger partial charge in [0.2, 0.25) is 5.91 Å². The van der Waals surface area contributed by atoms with Crippen molar-refractivity contribution in [1.82, 2.24) is 9.55 Å². The highest BCUT2D eigenvalue weighted by atomic mass is 32.1. The van der Waals surface area contributed by atoms with Crippen molar-refractivity contribution in [3.8, 4) is 0 Å². The van der Waals surface area contributed by atoms with Crippen LogP contribution in [0.1, 0.15) is 0 Å². The third-order valence-electron chi connectivity index (χ3n) is 2.17. The molecule has 0 fully saturated rings. The number of amides is 1. The molecule has 9 heteroatoms. The van der Waals surface area contributed by atoms with Gasteiger partial charge in [-0.2, -0.15) is 0 Å². The van der Waals surface area contributed by atoms with Crippen LogP contribution in [-0.2, 0) is 11.3 Å². The summed E-state index contributed by atoms with van der Waals surface area (Å²) in [4.78, 5) is 36.9. The molecular weight excluding hydrogens is 272 g/mol. The molecule has 0 saturated carbocycles. The lowest BCUT2D eigenvalue weighted by molar-refractivity contribution is -0.385. The number of hydrogen-bond acceptors (Lipinski definition) is 6. The first-order valence-electron chi connectivity index (χ1n) is 5.10. The molecule has 0 spiro atoms. The minimum Gasteiger partial charge on any atom is -0.300 e. The van der Waals surface area contributed by atoms with E-state index in [4.69, 9.17) is 0 Å². The molecule has 19 heavy (non-hydrogen) atoms. The Kier molecular flexibility index (Phi) is 3.66. The number of anilines is 1. The van der Waals surface area contributed by atoms with E-state index in [1.165, 1.54) is 17.5 Å². The van der Waals surface area contributed by atoms with Gasteiger partial charge < -0.3 is 5.32 Å². The summed E-state index contributed by atoms with van der Waals surface area (Å²) in [5, 5.41) is 15.2. The first-order valence-corrected chi connectivity index (χ1v) is 5.98. The number of nitrogens with zero attached hydrogens (tertiary/aromatic N) is 3. The Bertz CT molecular complexity index is 664. The van der Waals surface area contributed by atoms with Gasteiger partial charge in [-0.15, -0.1) is 11.3 Å². The number of thiazole rings is 1. The maximum absolute atomic E-state index is 11.6. The van der Waals surface area contributed by atoms with Gasteiger partial charge in [0.05, 0.1) is 11.1 Å². The second-order valence-electron chi connectivity index (χ2n) is 3.50. The average molecular weight is 280 g/mol. The summed E-state index contributed by atoms with van der Waals surface area (Å²) in [5.41, 5.74) is -0.735. The molecule has 0 aliphatic carbocycles. The van der Waals surface area contributed by atoms with Crippen molar-refractivity contribution in [2.24, 2.45) is 0 Å². The van der Waals surface area contributed by atoms with E-state index < -0.39 is 16.4 Å². The minimum absolute atomic E-state index is 0.248. The van der Waals surface area contributed by atoms with Gasteiger partial charge in [-0.1, -0.05) is 0 Å². The molecule has 1 N–H and O–H groups in total. The topological polar surface area (TPSA) is 107 Å². The van der Waals surface area contributed by atoms with Crippen LogP contribution in [0.2, 0.25) is 0 Å². The lowest BCUT2D eigenvalue weighted by atomic mass is 10.4. The SMILES string of the molecule is O=C(Cn1cc([N+](=O)[O-])ccc1=O)Nc1nccs1. The van der Waals surface area contributed by atoms with E-state index in [-0.39, 0.29) is 12.2 Å². The molecule has 0 bridgehead atoms. The lowest BCUT2D eigenvalue weighted by Gasteiger charge is -2.04. The average Bonchev–Trinajstić information content (AvgIpc) is 2.84. The predicted octanol–water partition coefficient (Wildman–Crippen LogP) is 0.852. The first-order chi connectivity index (χ1) is 9.06. The van der Waals surface area contributed by atoms with Crippen molar-refractivity contribution in [3.63, 3.8) is 0 Å². The van der Waals surface area contributed by atoms with Gasteiger partial charge in [-0.25, -0.2) is 4.98 Å². The van der Waals surface area contributed by atoms with Gasteiger partial charge in [-0.3, -0.25) is 24.3 Å². The van der Waals surface area contributed by atoms with E-state index in [9.17, 15) is 19.7 Å². The van der Waals surface area contributed by atoms with Crippen molar-refractivity contribution >= 4 is 28.1 Å². The number of pyridine rings is 1. The number of rotatable bonds is 4. The molecule has 0 atom stereocenters. The van der Waals surface area contributed by atoms with Crippen LogP contribution in [0.5, 0.6) is 0 Å². The predicted molar refractivity (Wildman–Crippen MR) is 68.1 cm³/mol. The molecule has 0 saturated heterocycles. The van der Waals surface area contributed by atoms with Crippen LogP contribution in [0.15, 0.2) is 34.7 Å². The Hall–Kier alpha value is -2.55. The third kappa shape index (κ3) is 3.22. The molecule has 2 heterocycles. The Morgan fingerprint density at radius 1 is 1.53 bits per heavy atom. The summed E-state index contributed by atoms with van der Waals surface area (Å²) < 4.78 is 0.973. The fourth-order valence-corrected chi connectivity index (χ4v) is 1.89. The van der Waals surface area contributed by atoms with Crippen LogP contribution >= 0.6 is 11.3 Å². The monoisotopic (exact) mass is 280 g/mol. The highest BCUT2D eigenvalue weighted by Gasteiger charge is 2.11. The smallest absolute Gasteiger partial charge is 0.285 e. The van der Waals surface area contributed by atoms with Crippen LogP contribution in [0.4, 0.5) is 10.8 Å². The Labute approximate surface area is 110 Å². The quantitative estimate of drug-likeness (QED) is 0.660. The summed E-state index contributed by atoms with van der Waals surface area (Å²) >= 11 is 1.24. The zero-order valence-corrected chi connectivity index (χ0v) is 10.3. The van der Waals surface area contributed by atoms with Crippen molar-refractivity contribution in [2.75, 3.05) is 5.32 Å². The number of nitro groups is 1. The maximum atomic E-state index is 11.6. The molecule has 98 valence electrons. The summed E-state index contributed by atoms with van der Waals surface area (Å²) in [6, 6.07) is 2.15. The second kappa shape index (κ2) is 5.40. The van der Waals surface area contributed by atoms with Crippen molar-refractivity contribution in [3.05, 3.63) is 50.4 Å². The summed E-state index contributed by atoms with van der Waals surface area (Å²) in [5.74, 6) is -0.474. The summed E-state index contributed by atoms with van der Waals surface area (Å²) in [6.45, 7) is -0.305. The number of nitrogens with one attached hydrogen (secondary N) is 1. The van der Waals surface area contributed by atoms with Gasteiger partial charge in [-0.05, 0) is 0 Å². The molecule has 0 aliphatic rings. The normalized spacial score (nSPS) is 10.1. The van der Waals surface area contributed by atoms with Gasteiger partial charge in [0, 0.05) is 23.7 Å². The fourth-order valence-electron chi connectivity index (χ4n) is 1.35. The van der Waals surface area contributed by atoms with E-state index in [0.717, 1.165) is 22.9 Å². The van der Waals surface area contributed by atoms with Crippen LogP contribution < -0.4 is 10.9 Å². The van der Waals surface area contributed by atoms with Crippen LogP contribution in [-0.4, -0.2) is 20.4 Å². The molecule has 0 radical (unpaired) electrons. The highest BCUT2D eigenvalue weighted by Crippen LogP contribution is 2.10. The minimum atomic E-state index is -0.630. The van der Waals surface area contributed by atoms with Gasteiger partial charge in [0.1, 0.15) is 6.54 Å². The third-order valence-corrected chi connectivity index (χ3v) is 2.86. The Morgan fingerprint density at radius 2 is 2.32 bits per heavy atom. The fraction of sp³-hybridized carbons (Fsp3) is 0.100. The number of hydrogen-bond donors (Lipinski definition) is 1. The second-order valence-corrected chi connectivity index (χ2v) is 4.39. The van der Waals surface area contributed by atoms with Crippen LogP contribution in [0.25, 0.3) is 0 Å². The molecule has 2 aromatic rings. The first kappa shape index (κ1) is 12.9. The van der Waals surface area contributed by atoms with Gasteiger partial charge in [0.15, 0.2) is 5.13 Å². The number of carbonyl (C=O) groups is 1. The molecule has 0 aliphatic heterocycles. The molecule has 2 aromatic heterocycles. The maximum Gasteiger partial charge on any atom is 0.285 e. The van der Waals surface area contributed by atoms with E-state index in [1.54, 1.807) is 5.38 Å². The highest BCUT2D eigenvalue weighted by molar-refractivity contribution is 7.13. The molecule has 8 nitrogen and oxygen atoms in total. The molecule has 0 unspecified atom stereocenters. The van der Waals surface area contributed by atoms with E-state index >= 15 is 0 Å². The van der Waals surface area contributed by atoms with Crippen molar-refractivity contribution in [2.45, 2.75) is 6.54 Å². The van der Waals surface area contributed by atoms with E-state index in [2.05, 4.69) is 10.3 Å². The van der Waals surface area contributed by atoms with E-state index in [0.29, 0.717) is 5.13 Å². The molecule has 2 rings (SSSR count). The standard InChI is InChI=1S/C10H8N4O4S/c15-8(12-10-11-3-4-19-10)6-13-5-7(14(17)18)1-2-9(13)16/h1-5H,6H2,(H,11,12,15). The molecule has 1 amide bonds. The largest absolute Gasteiger partial charge is 0.300 e. The zero-order valence-electron chi connectivity index (χ0n) is 9.48. The molecule has 0 aromatic carbocycles. The van der Waals surface area contributed by atoms with Crippen molar-refractivity contribution in [1.29, 1.82) is 0 Å². The van der Waals surface area contributed by atoms with E-state index in [1.807, 2.05) is 0 Å². The lowest BCUT2D eigenvalue weighted by Crippen LogP contribution is -2.26. The van der Waals surface area contributed by atoms with Gasteiger partial charge in [0.25, 0.3) is 11.2 Å². The van der Waals surface area contributed by atoms with Crippen molar-refractivity contribution < 1.29 is 9.72 Å². The van der Waals surface area contributed by atoms with Gasteiger partial charge >= 0.3 is 0 Å². The number of carbonyl (C=O) groups excluding carboxylic acids is 1. The summed E-state index contributed by atoms with van der Waals surface area (Å²) in [6.07, 6.45) is 2.56. The zero-order chi connectivity index (χ0) is 13.8. The number of aromatic nitrogens is 2. The van der Waals surface area contributed by atoms with Crippen LogP contribution in [0.3, 0.4) is 0 Å².